The molecule has 5 rings (SSSR count). The predicted molar refractivity (Wildman–Crippen MR) is 131 cm³/mol. The van der Waals surface area contributed by atoms with Crippen LogP contribution in [0.2, 0.25) is 0 Å². The highest BCUT2D eigenvalue weighted by Gasteiger charge is 2.46. The molecule has 2 saturated heterocycles. The molecule has 3 heterocycles. The van der Waals surface area contributed by atoms with Gasteiger partial charge in [-0.1, -0.05) is 31.4 Å². The van der Waals surface area contributed by atoms with Crippen LogP contribution in [0.15, 0.2) is 36.5 Å². The van der Waals surface area contributed by atoms with Gasteiger partial charge in [0.25, 0.3) is 5.91 Å². The first-order valence-electron chi connectivity index (χ1n) is 12.7. The largest absolute Gasteiger partial charge is 0.507 e. The van der Waals surface area contributed by atoms with Crippen molar-refractivity contribution < 1.29 is 14.6 Å². The molecule has 1 saturated carbocycles. The third-order valence-corrected chi connectivity index (χ3v) is 7.49. The summed E-state index contributed by atoms with van der Waals surface area (Å²) in [5.41, 5.74) is 1.52. The summed E-state index contributed by atoms with van der Waals surface area (Å²) in [6.07, 6.45) is 9.02. The highest BCUT2D eigenvalue weighted by Crippen LogP contribution is 2.36. The van der Waals surface area contributed by atoms with Gasteiger partial charge in [0.15, 0.2) is 5.60 Å². The van der Waals surface area contributed by atoms with Gasteiger partial charge in [0.1, 0.15) is 5.75 Å². The van der Waals surface area contributed by atoms with Gasteiger partial charge in [-0.2, -0.15) is 10.2 Å². The predicted octanol–water partition coefficient (Wildman–Crippen LogP) is 2.97. The van der Waals surface area contributed by atoms with Gasteiger partial charge in [-0.25, -0.2) is 0 Å². The summed E-state index contributed by atoms with van der Waals surface area (Å²) < 4.78 is 6.73. The van der Waals surface area contributed by atoms with Crippen LogP contribution >= 0.6 is 0 Å². The van der Waals surface area contributed by atoms with E-state index in [1.165, 1.54) is 19.3 Å². The summed E-state index contributed by atoms with van der Waals surface area (Å²) in [5, 5.41) is 22.0. The number of amides is 1. The van der Waals surface area contributed by atoms with E-state index < -0.39 is 5.60 Å². The van der Waals surface area contributed by atoms with Crippen molar-refractivity contribution >= 4 is 11.6 Å². The third kappa shape index (κ3) is 4.88. The first-order valence-corrected chi connectivity index (χ1v) is 12.7. The third-order valence-electron chi connectivity index (χ3n) is 7.49. The number of aromatic hydroxyl groups is 1. The lowest BCUT2D eigenvalue weighted by Gasteiger charge is -2.46. The number of benzene rings is 1. The topological polar surface area (TPSA) is 90.8 Å². The molecular weight excluding hydrogens is 430 g/mol. The molecule has 3 fully saturated rings. The maximum absolute atomic E-state index is 13.8. The number of piperazine rings is 1. The Morgan fingerprint density at radius 2 is 1.79 bits per heavy atom. The summed E-state index contributed by atoms with van der Waals surface area (Å²) in [5.74, 6) is 0.357. The second-order valence-electron chi connectivity index (χ2n) is 9.72. The van der Waals surface area contributed by atoms with E-state index in [9.17, 15) is 9.90 Å². The van der Waals surface area contributed by atoms with Crippen molar-refractivity contribution in [2.24, 2.45) is 0 Å². The van der Waals surface area contributed by atoms with Crippen molar-refractivity contribution in [3.8, 4) is 17.0 Å². The van der Waals surface area contributed by atoms with Crippen molar-refractivity contribution in [3.63, 3.8) is 0 Å². The summed E-state index contributed by atoms with van der Waals surface area (Å²) in [4.78, 5) is 18.0. The van der Waals surface area contributed by atoms with Crippen LogP contribution in [-0.2, 0) is 9.53 Å². The van der Waals surface area contributed by atoms with Crippen molar-refractivity contribution in [1.29, 1.82) is 0 Å². The normalized spacial score (nSPS) is 21.4. The fourth-order valence-corrected chi connectivity index (χ4v) is 5.52. The maximum atomic E-state index is 13.8. The molecule has 0 spiro atoms. The molecule has 1 aromatic heterocycles. The zero-order valence-electron chi connectivity index (χ0n) is 19.8. The number of hydrogen-bond acceptors (Lipinski definition) is 7. The van der Waals surface area contributed by atoms with Gasteiger partial charge < -0.3 is 25.0 Å². The fraction of sp³-hybridized carbons (Fsp3) is 0.577. The Bertz CT molecular complexity index is 980. The quantitative estimate of drug-likeness (QED) is 0.702. The molecule has 0 radical (unpaired) electrons. The molecule has 34 heavy (non-hydrogen) atoms. The minimum atomic E-state index is -0.739. The SMILES string of the molecule is O=C(N1CCNCC1)C1(OC2CCCCC2)CCN(c2cnnc(-c3ccccc3O)c2)CC1. The van der Waals surface area contributed by atoms with Crippen LogP contribution in [0.1, 0.15) is 44.9 Å². The first-order chi connectivity index (χ1) is 16.6. The number of carbonyl (C=O) groups excluding carboxylic acids is 1. The molecule has 8 heteroatoms. The Hall–Kier alpha value is -2.71. The van der Waals surface area contributed by atoms with Gasteiger partial charge >= 0.3 is 0 Å². The van der Waals surface area contributed by atoms with E-state index in [1.54, 1.807) is 18.3 Å². The van der Waals surface area contributed by atoms with Gasteiger partial charge in [0, 0.05) is 57.7 Å². The molecule has 3 aliphatic rings. The molecule has 2 aliphatic heterocycles. The molecule has 8 nitrogen and oxygen atoms in total. The number of ether oxygens (including phenoxy) is 1. The number of phenols is 1. The van der Waals surface area contributed by atoms with Crippen LogP contribution in [0.5, 0.6) is 5.75 Å². The van der Waals surface area contributed by atoms with Crippen molar-refractivity contribution in [3.05, 3.63) is 36.5 Å². The number of anilines is 1. The molecule has 1 amide bonds. The minimum absolute atomic E-state index is 0.168. The number of para-hydroxylation sites is 1. The molecule has 1 aromatic carbocycles. The van der Waals surface area contributed by atoms with E-state index in [0.717, 1.165) is 57.8 Å². The lowest BCUT2D eigenvalue weighted by atomic mass is 9.87. The van der Waals surface area contributed by atoms with E-state index in [1.807, 2.05) is 23.1 Å². The number of nitrogens with zero attached hydrogens (tertiary/aromatic N) is 4. The van der Waals surface area contributed by atoms with E-state index in [-0.39, 0.29) is 17.8 Å². The van der Waals surface area contributed by atoms with Crippen LogP contribution in [0, 0.1) is 0 Å². The number of carbonyl (C=O) groups is 1. The van der Waals surface area contributed by atoms with E-state index >= 15 is 0 Å². The second kappa shape index (κ2) is 10.3. The monoisotopic (exact) mass is 465 g/mol. The Balaban J connectivity index is 1.33. The summed E-state index contributed by atoms with van der Waals surface area (Å²) in [7, 11) is 0. The Kier molecular flexibility index (Phi) is 6.97. The summed E-state index contributed by atoms with van der Waals surface area (Å²) in [6, 6.07) is 9.14. The Labute approximate surface area is 201 Å². The molecule has 1 aliphatic carbocycles. The molecule has 0 unspecified atom stereocenters. The highest BCUT2D eigenvalue weighted by molar-refractivity contribution is 5.86. The smallest absolute Gasteiger partial charge is 0.255 e. The number of phenolic OH excluding ortho intramolecular Hbond substituents is 1. The Morgan fingerprint density at radius 3 is 2.53 bits per heavy atom. The average Bonchev–Trinajstić information content (AvgIpc) is 2.90. The second-order valence-corrected chi connectivity index (χ2v) is 9.72. The van der Waals surface area contributed by atoms with E-state index in [4.69, 9.17) is 4.74 Å². The van der Waals surface area contributed by atoms with Crippen molar-refractivity contribution in [2.75, 3.05) is 44.2 Å². The van der Waals surface area contributed by atoms with Gasteiger partial charge in [-0.15, -0.1) is 0 Å². The molecular formula is C26H35N5O3. The molecule has 182 valence electrons. The number of rotatable bonds is 5. The van der Waals surface area contributed by atoms with Crippen LogP contribution in [-0.4, -0.2) is 77.1 Å². The van der Waals surface area contributed by atoms with E-state index in [2.05, 4.69) is 20.4 Å². The number of hydrogen-bond donors (Lipinski definition) is 2. The van der Waals surface area contributed by atoms with Crippen LogP contribution < -0.4 is 10.2 Å². The highest BCUT2D eigenvalue weighted by atomic mass is 16.5. The maximum Gasteiger partial charge on any atom is 0.255 e. The van der Waals surface area contributed by atoms with Gasteiger partial charge in [-0.05, 0) is 31.0 Å². The number of nitrogens with one attached hydrogen (secondary N) is 1. The molecule has 2 N–H and O–H groups in total. The summed E-state index contributed by atoms with van der Waals surface area (Å²) in [6.45, 7) is 4.62. The van der Waals surface area contributed by atoms with Crippen LogP contribution in [0.25, 0.3) is 11.3 Å². The molecule has 0 atom stereocenters. The van der Waals surface area contributed by atoms with Gasteiger partial charge in [0.05, 0.1) is 23.7 Å². The van der Waals surface area contributed by atoms with Gasteiger partial charge in [-0.3, -0.25) is 4.79 Å². The lowest BCUT2D eigenvalue weighted by molar-refractivity contribution is -0.174. The van der Waals surface area contributed by atoms with E-state index in [0.29, 0.717) is 24.1 Å². The van der Waals surface area contributed by atoms with Crippen LogP contribution in [0.4, 0.5) is 5.69 Å². The molecule has 0 bridgehead atoms. The molecule has 2 aromatic rings. The summed E-state index contributed by atoms with van der Waals surface area (Å²) >= 11 is 0. The Morgan fingerprint density at radius 1 is 1.06 bits per heavy atom. The van der Waals surface area contributed by atoms with Crippen molar-refractivity contribution in [2.45, 2.75) is 56.7 Å². The minimum Gasteiger partial charge on any atom is -0.507 e. The fourth-order valence-electron chi connectivity index (χ4n) is 5.52. The number of aromatic nitrogens is 2. The zero-order chi connectivity index (χ0) is 23.4. The van der Waals surface area contributed by atoms with Gasteiger partial charge in [0.2, 0.25) is 0 Å². The standard InChI is InChI=1S/C26H35N5O3/c32-24-9-5-4-8-22(24)23-18-20(19-28-29-23)30-14-10-26(11-15-30,34-21-6-2-1-3-7-21)25(33)31-16-12-27-13-17-31/h4-5,8-9,18-19,21,27,32H,1-3,6-7,10-17H2. The lowest BCUT2D eigenvalue weighted by Crippen LogP contribution is -2.60. The first kappa shape index (κ1) is 23.1. The average molecular weight is 466 g/mol. The number of piperidine rings is 1. The van der Waals surface area contributed by atoms with Crippen LogP contribution in [0.3, 0.4) is 0 Å². The van der Waals surface area contributed by atoms with Crippen molar-refractivity contribution in [1.82, 2.24) is 20.4 Å². The zero-order valence-corrected chi connectivity index (χ0v) is 19.8.